The summed E-state index contributed by atoms with van der Waals surface area (Å²) < 4.78 is 67.4. The predicted octanol–water partition coefficient (Wildman–Crippen LogP) is 0.955. The molecule has 0 aliphatic rings. The minimum atomic E-state index is -5.84. The summed E-state index contributed by atoms with van der Waals surface area (Å²) in [6.45, 7) is 3.85. The second-order valence-electron chi connectivity index (χ2n) is 2.84. The summed E-state index contributed by atoms with van der Waals surface area (Å²) in [4.78, 5) is 0. The minimum Gasteiger partial charge on any atom is -0.367 e. The molecule has 0 fully saturated rings. The Bertz CT molecular complexity index is 284. The molecular weight excluding hydrogens is 267 g/mol. The zero-order chi connectivity index (χ0) is 14.3. The molecule has 2 N–H and O–H groups in total. The highest BCUT2D eigenvalue weighted by Crippen LogP contribution is 2.20. The van der Waals surface area contributed by atoms with E-state index in [0.29, 0.717) is 0 Å². The van der Waals surface area contributed by atoms with Gasteiger partial charge in [0, 0.05) is 14.2 Å². The van der Waals surface area contributed by atoms with Gasteiger partial charge in [-0.15, -0.1) is 0 Å². The molecule has 0 amide bonds. The van der Waals surface area contributed by atoms with E-state index < -0.39 is 15.6 Å². The third kappa shape index (κ3) is 10.5. The largest absolute Gasteiger partial charge is 0.522 e. The Morgan fingerprint density at radius 1 is 1.12 bits per heavy atom. The Morgan fingerprint density at radius 3 is 1.47 bits per heavy atom. The molecule has 0 bridgehead atoms. The lowest BCUT2D eigenvalue weighted by Gasteiger charge is -2.16. The van der Waals surface area contributed by atoms with Crippen LogP contribution in [-0.2, 0) is 19.6 Å². The van der Waals surface area contributed by atoms with Gasteiger partial charge in [-0.25, -0.2) is 0 Å². The van der Waals surface area contributed by atoms with Crippen LogP contribution in [0.5, 0.6) is 0 Å². The number of alkyl halides is 3. The molecule has 0 aromatic rings. The molecule has 106 valence electrons. The van der Waals surface area contributed by atoms with Gasteiger partial charge in [0.05, 0.1) is 0 Å². The maximum atomic E-state index is 10.7. The van der Waals surface area contributed by atoms with E-state index in [-0.39, 0.29) is 12.5 Å². The average Bonchev–Trinajstić information content (AvgIpc) is 2.15. The standard InChI is InChI=1S/C6H15NO2.CHF3O3S/c1-5(8-3)7-6(2)9-4;2-1(3,4)8(5,6)7/h5-7H,1-4H3;(H,5,6,7). The van der Waals surface area contributed by atoms with E-state index in [4.69, 9.17) is 22.4 Å². The number of hydrogen-bond donors (Lipinski definition) is 2. The second kappa shape index (κ2) is 7.82. The molecule has 0 aromatic carbocycles. The van der Waals surface area contributed by atoms with Crippen LogP contribution in [0.3, 0.4) is 0 Å². The van der Waals surface area contributed by atoms with Gasteiger partial charge in [-0.3, -0.25) is 9.87 Å². The van der Waals surface area contributed by atoms with Gasteiger partial charge in [0.1, 0.15) is 12.5 Å². The van der Waals surface area contributed by atoms with Gasteiger partial charge in [0.25, 0.3) is 0 Å². The van der Waals surface area contributed by atoms with Crippen LogP contribution in [-0.4, -0.2) is 45.2 Å². The number of ether oxygens (including phenoxy) is 2. The van der Waals surface area contributed by atoms with E-state index in [2.05, 4.69) is 5.32 Å². The Morgan fingerprint density at radius 2 is 1.35 bits per heavy atom. The average molecular weight is 283 g/mol. The van der Waals surface area contributed by atoms with Crippen molar-refractivity contribution in [3.63, 3.8) is 0 Å². The van der Waals surface area contributed by atoms with Crippen LogP contribution >= 0.6 is 0 Å². The fourth-order valence-corrected chi connectivity index (χ4v) is 0.467. The van der Waals surface area contributed by atoms with Crippen molar-refractivity contribution in [2.75, 3.05) is 14.2 Å². The van der Waals surface area contributed by atoms with Crippen LogP contribution in [0.4, 0.5) is 13.2 Å². The maximum Gasteiger partial charge on any atom is 0.522 e. The number of halogens is 3. The molecule has 17 heavy (non-hydrogen) atoms. The van der Waals surface area contributed by atoms with Gasteiger partial charge in [0.15, 0.2) is 0 Å². The summed E-state index contributed by atoms with van der Waals surface area (Å²) in [5, 5.41) is 3.03. The van der Waals surface area contributed by atoms with Gasteiger partial charge in [-0.1, -0.05) is 0 Å². The summed E-state index contributed by atoms with van der Waals surface area (Å²) in [5.74, 6) is 0. The SMILES string of the molecule is COC(C)NC(C)OC.O=S(=O)(O)C(F)(F)F. The number of rotatable bonds is 4. The van der Waals surface area contributed by atoms with E-state index in [0.717, 1.165) is 0 Å². The quantitative estimate of drug-likeness (QED) is 0.454. The predicted molar refractivity (Wildman–Crippen MR) is 53.7 cm³/mol. The van der Waals surface area contributed by atoms with Gasteiger partial charge in [-0.2, -0.15) is 21.6 Å². The van der Waals surface area contributed by atoms with Crippen LogP contribution in [0.15, 0.2) is 0 Å². The fraction of sp³-hybridized carbons (Fsp3) is 1.00. The first-order valence-corrected chi connectivity index (χ1v) is 5.75. The first-order valence-electron chi connectivity index (χ1n) is 4.31. The van der Waals surface area contributed by atoms with Gasteiger partial charge in [0.2, 0.25) is 0 Å². The summed E-state index contributed by atoms with van der Waals surface area (Å²) in [6.07, 6.45) is 0.111. The number of nitrogens with one attached hydrogen (secondary N) is 1. The third-order valence-electron chi connectivity index (χ3n) is 1.47. The molecule has 0 radical (unpaired) electrons. The molecule has 0 aliphatic carbocycles. The minimum absolute atomic E-state index is 0.0555. The van der Waals surface area contributed by atoms with Crippen molar-refractivity contribution in [1.29, 1.82) is 0 Å². The van der Waals surface area contributed by atoms with E-state index in [9.17, 15) is 13.2 Å². The second-order valence-corrected chi connectivity index (χ2v) is 4.26. The molecule has 10 heteroatoms. The molecule has 2 atom stereocenters. The molecule has 2 unspecified atom stereocenters. The lowest BCUT2D eigenvalue weighted by atomic mass is 10.5. The lowest BCUT2D eigenvalue weighted by molar-refractivity contribution is -0.0510. The van der Waals surface area contributed by atoms with Crippen molar-refractivity contribution in [1.82, 2.24) is 5.32 Å². The Labute approximate surface area is 97.8 Å². The van der Waals surface area contributed by atoms with Crippen LogP contribution < -0.4 is 5.32 Å². The van der Waals surface area contributed by atoms with Crippen LogP contribution in [0, 0.1) is 0 Å². The van der Waals surface area contributed by atoms with E-state index in [1.807, 2.05) is 13.8 Å². The molecule has 0 aromatic heterocycles. The van der Waals surface area contributed by atoms with E-state index >= 15 is 0 Å². The maximum absolute atomic E-state index is 10.7. The number of methoxy groups -OCH3 is 2. The highest BCUT2D eigenvalue weighted by atomic mass is 32.2. The molecule has 0 rings (SSSR count). The highest BCUT2D eigenvalue weighted by Gasteiger charge is 2.44. The summed E-state index contributed by atoms with van der Waals surface area (Å²) in [7, 11) is -2.53. The van der Waals surface area contributed by atoms with Crippen LogP contribution in [0.2, 0.25) is 0 Å². The summed E-state index contributed by atoms with van der Waals surface area (Å²) in [5.41, 5.74) is -5.53. The van der Waals surface area contributed by atoms with Crippen molar-refractivity contribution in [3.05, 3.63) is 0 Å². The Kier molecular flexibility index (Phi) is 8.71. The molecular formula is C7H16F3NO5S. The molecule has 0 saturated carbocycles. The van der Waals surface area contributed by atoms with Crippen LogP contribution in [0.25, 0.3) is 0 Å². The number of hydrogen-bond acceptors (Lipinski definition) is 5. The van der Waals surface area contributed by atoms with Crippen molar-refractivity contribution in [3.8, 4) is 0 Å². The van der Waals surface area contributed by atoms with Crippen molar-refractivity contribution in [2.45, 2.75) is 31.8 Å². The van der Waals surface area contributed by atoms with Crippen molar-refractivity contribution >= 4 is 10.1 Å². The van der Waals surface area contributed by atoms with Crippen molar-refractivity contribution < 1.29 is 35.6 Å². The third-order valence-corrected chi connectivity index (χ3v) is 2.05. The fourth-order valence-electron chi connectivity index (χ4n) is 0.467. The molecule has 0 heterocycles. The summed E-state index contributed by atoms with van der Waals surface area (Å²) >= 11 is 0. The monoisotopic (exact) mass is 283 g/mol. The van der Waals surface area contributed by atoms with Gasteiger partial charge >= 0.3 is 15.6 Å². The van der Waals surface area contributed by atoms with Gasteiger partial charge < -0.3 is 9.47 Å². The zero-order valence-corrected chi connectivity index (χ0v) is 10.6. The van der Waals surface area contributed by atoms with Crippen molar-refractivity contribution in [2.24, 2.45) is 0 Å². The first kappa shape index (κ1) is 18.9. The van der Waals surface area contributed by atoms with Crippen LogP contribution in [0.1, 0.15) is 13.8 Å². The molecule has 0 spiro atoms. The van der Waals surface area contributed by atoms with Gasteiger partial charge in [-0.05, 0) is 13.8 Å². The van der Waals surface area contributed by atoms with E-state index in [1.54, 1.807) is 14.2 Å². The highest BCUT2D eigenvalue weighted by molar-refractivity contribution is 7.86. The lowest BCUT2D eigenvalue weighted by Crippen LogP contribution is -2.36. The Hall–Kier alpha value is -0.420. The van der Waals surface area contributed by atoms with E-state index in [1.165, 1.54) is 0 Å². The topological polar surface area (TPSA) is 84.9 Å². The smallest absolute Gasteiger partial charge is 0.367 e. The normalized spacial score (nSPS) is 15.8. The summed E-state index contributed by atoms with van der Waals surface area (Å²) in [6, 6.07) is 0. The first-order chi connectivity index (χ1) is 7.45. The zero-order valence-electron chi connectivity index (χ0n) is 9.78. The molecule has 0 aliphatic heterocycles. The Balaban J connectivity index is 0. The molecule has 6 nitrogen and oxygen atoms in total. The molecule has 0 saturated heterocycles.